The highest BCUT2D eigenvalue weighted by atomic mass is 16.5. The fourth-order valence-electron chi connectivity index (χ4n) is 2.12. The molecule has 2 aromatic rings. The number of hydrogen-bond acceptors (Lipinski definition) is 4. The zero-order valence-electron chi connectivity index (χ0n) is 12.1. The second kappa shape index (κ2) is 6.91. The van der Waals surface area contributed by atoms with Gasteiger partial charge in [0, 0.05) is 30.1 Å². The quantitative estimate of drug-likeness (QED) is 0.878. The molecule has 0 radical (unpaired) electrons. The van der Waals surface area contributed by atoms with E-state index in [1.165, 1.54) is 0 Å². The molecule has 1 heterocycles. The van der Waals surface area contributed by atoms with Gasteiger partial charge in [0.05, 0.1) is 14.2 Å². The van der Waals surface area contributed by atoms with Crippen LogP contribution in [0, 0.1) is 0 Å². The molecule has 0 spiro atoms. The fraction of sp³-hybridized carbons (Fsp3) is 0.312. The summed E-state index contributed by atoms with van der Waals surface area (Å²) >= 11 is 0. The Bertz CT molecular complexity index is 570. The molecule has 4 nitrogen and oxygen atoms in total. The Morgan fingerprint density at radius 1 is 1.15 bits per heavy atom. The van der Waals surface area contributed by atoms with Gasteiger partial charge in [0.2, 0.25) is 0 Å². The van der Waals surface area contributed by atoms with Crippen molar-refractivity contribution in [2.75, 3.05) is 20.8 Å². The van der Waals surface area contributed by atoms with Crippen molar-refractivity contribution in [1.82, 2.24) is 10.3 Å². The maximum atomic E-state index is 5.47. The third kappa shape index (κ3) is 3.08. The summed E-state index contributed by atoms with van der Waals surface area (Å²) in [5.74, 6) is 1.46. The molecule has 0 aliphatic rings. The molecule has 20 heavy (non-hydrogen) atoms. The second-order valence-electron chi connectivity index (χ2n) is 4.40. The van der Waals surface area contributed by atoms with E-state index in [2.05, 4.69) is 23.3 Å². The molecule has 4 heteroatoms. The van der Waals surface area contributed by atoms with Gasteiger partial charge in [-0.15, -0.1) is 0 Å². The largest absolute Gasteiger partial charge is 0.493 e. The first kappa shape index (κ1) is 14.3. The molecule has 0 aliphatic heterocycles. The van der Waals surface area contributed by atoms with Crippen LogP contribution in [0.2, 0.25) is 0 Å². The van der Waals surface area contributed by atoms with E-state index in [1.54, 1.807) is 14.2 Å². The molecule has 0 amide bonds. The number of rotatable bonds is 6. The van der Waals surface area contributed by atoms with Gasteiger partial charge in [-0.1, -0.05) is 19.1 Å². The van der Waals surface area contributed by atoms with Crippen molar-refractivity contribution in [3.05, 3.63) is 42.2 Å². The number of aromatic nitrogens is 1. The summed E-state index contributed by atoms with van der Waals surface area (Å²) in [5, 5.41) is 3.30. The maximum Gasteiger partial charge on any atom is 0.168 e. The number of benzene rings is 1. The molecule has 0 fully saturated rings. The third-order valence-electron chi connectivity index (χ3n) is 3.09. The minimum absolute atomic E-state index is 0.724. The van der Waals surface area contributed by atoms with Gasteiger partial charge in [-0.05, 0) is 24.2 Å². The zero-order valence-corrected chi connectivity index (χ0v) is 12.1. The number of nitrogens with zero attached hydrogens (tertiary/aromatic N) is 1. The van der Waals surface area contributed by atoms with Crippen LogP contribution in [0.25, 0.3) is 11.1 Å². The molecule has 0 saturated heterocycles. The molecular formula is C16H20N2O2. The number of para-hydroxylation sites is 1. The zero-order chi connectivity index (χ0) is 14.4. The second-order valence-corrected chi connectivity index (χ2v) is 4.40. The standard InChI is InChI=1S/C16H20N2O2/c1-4-17-9-12-8-13(11-18-10-12)14-6-5-7-15(19-2)16(14)20-3/h5-8,10-11,17H,4,9H2,1-3H3. The summed E-state index contributed by atoms with van der Waals surface area (Å²) in [6.07, 6.45) is 3.71. The lowest BCUT2D eigenvalue weighted by Crippen LogP contribution is -2.11. The van der Waals surface area contributed by atoms with Crippen molar-refractivity contribution in [2.24, 2.45) is 0 Å². The Labute approximate surface area is 119 Å². The van der Waals surface area contributed by atoms with Crippen molar-refractivity contribution < 1.29 is 9.47 Å². The van der Waals surface area contributed by atoms with Crippen molar-refractivity contribution in [1.29, 1.82) is 0 Å². The van der Waals surface area contributed by atoms with Crippen LogP contribution in [0.4, 0.5) is 0 Å². The monoisotopic (exact) mass is 272 g/mol. The third-order valence-corrected chi connectivity index (χ3v) is 3.09. The van der Waals surface area contributed by atoms with Gasteiger partial charge in [-0.25, -0.2) is 0 Å². The topological polar surface area (TPSA) is 43.4 Å². The molecule has 1 aromatic heterocycles. The van der Waals surface area contributed by atoms with E-state index in [-0.39, 0.29) is 0 Å². The highest BCUT2D eigenvalue weighted by molar-refractivity contribution is 5.73. The van der Waals surface area contributed by atoms with E-state index in [0.717, 1.165) is 41.3 Å². The average molecular weight is 272 g/mol. The van der Waals surface area contributed by atoms with Gasteiger partial charge in [-0.2, -0.15) is 0 Å². The predicted octanol–water partition coefficient (Wildman–Crippen LogP) is 2.88. The van der Waals surface area contributed by atoms with Crippen LogP contribution in [0.1, 0.15) is 12.5 Å². The predicted molar refractivity (Wildman–Crippen MR) is 80.2 cm³/mol. The highest BCUT2D eigenvalue weighted by Gasteiger charge is 2.11. The normalized spacial score (nSPS) is 10.3. The summed E-state index contributed by atoms with van der Waals surface area (Å²) in [6, 6.07) is 7.97. The smallest absolute Gasteiger partial charge is 0.168 e. The van der Waals surface area contributed by atoms with E-state index in [4.69, 9.17) is 9.47 Å². The van der Waals surface area contributed by atoms with Crippen molar-refractivity contribution >= 4 is 0 Å². The van der Waals surface area contributed by atoms with Crippen LogP contribution in [0.3, 0.4) is 0 Å². The number of ether oxygens (including phenoxy) is 2. The molecule has 2 rings (SSSR count). The summed E-state index contributed by atoms with van der Waals surface area (Å²) in [7, 11) is 3.29. The number of pyridine rings is 1. The number of nitrogens with one attached hydrogen (secondary N) is 1. The summed E-state index contributed by atoms with van der Waals surface area (Å²) < 4.78 is 10.8. The Hall–Kier alpha value is -2.07. The van der Waals surface area contributed by atoms with Gasteiger partial charge in [-0.3, -0.25) is 4.98 Å². The Balaban J connectivity index is 2.40. The lowest BCUT2D eigenvalue weighted by molar-refractivity contribution is 0.356. The molecule has 1 aromatic carbocycles. The number of methoxy groups -OCH3 is 2. The van der Waals surface area contributed by atoms with Crippen LogP contribution in [-0.4, -0.2) is 25.7 Å². The van der Waals surface area contributed by atoms with Crippen LogP contribution in [-0.2, 0) is 6.54 Å². The maximum absolute atomic E-state index is 5.47. The van der Waals surface area contributed by atoms with E-state index in [0.29, 0.717) is 0 Å². The van der Waals surface area contributed by atoms with Crippen molar-refractivity contribution in [3.63, 3.8) is 0 Å². The highest BCUT2D eigenvalue weighted by Crippen LogP contribution is 2.37. The minimum Gasteiger partial charge on any atom is -0.493 e. The van der Waals surface area contributed by atoms with Crippen LogP contribution in [0.5, 0.6) is 11.5 Å². The van der Waals surface area contributed by atoms with Gasteiger partial charge >= 0.3 is 0 Å². The van der Waals surface area contributed by atoms with Crippen molar-refractivity contribution in [2.45, 2.75) is 13.5 Å². The summed E-state index contributed by atoms with van der Waals surface area (Å²) in [4.78, 5) is 4.31. The molecular weight excluding hydrogens is 252 g/mol. The fourth-order valence-corrected chi connectivity index (χ4v) is 2.12. The first-order chi connectivity index (χ1) is 9.80. The molecule has 0 unspecified atom stereocenters. The van der Waals surface area contributed by atoms with E-state index in [1.807, 2.05) is 30.6 Å². The lowest BCUT2D eigenvalue weighted by atomic mass is 10.0. The van der Waals surface area contributed by atoms with Gasteiger partial charge in [0.1, 0.15) is 0 Å². The Morgan fingerprint density at radius 3 is 2.70 bits per heavy atom. The van der Waals surface area contributed by atoms with Gasteiger partial charge in [0.25, 0.3) is 0 Å². The van der Waals surface area contributed by atoms with Crippen molar-refractivity contribution in [3.8, 4) is 22.6 Å². The first-order valence-corrected chi connectivity index (χ1v) is 6.66. The van der Waals surface area contributed by atoms with E-state index < -0.39 is 0 Å². The van der Waals surface area contributed by atoms with E-state index in [9.17, 15) is 0 Å². The lowest BCUT2D eigenvalue weighted by Gasteiger charge is -2.13. The van der Waals surface area contributed by atoms with Gasteiger partial charge < -0.3 is 14.8 Å². The molecule has 0 aliphatic carbocycles. The Morgan fingerprint density at radius 2 is 2.00 bits per heavy atom. The molecule has 0 saturated carbocycles. The molecule has 1 N–H and O–H groups in total. The van der Waals surface area contributed by atoms with E-state index >= 15 is 0 Å². The van der Waals surface area contributed by atoms with Crippen LogP contribution in [0.15, 0.2) is 36.7 Å². The molecule has 0 bridgehead atoms. The summed E-state index contributed by atoms with van der Waals surface area (Å²) in [5.41, 5.74) is 3.16. The van der Waals surface area contributed by atoms with Crippen LogP contribution >= 0.6 is 0 Å². The number of hydrogen-bond donors (Lipinski definition) is 1. The van der Waals surface area contributed by atoms with Gasteiger partial charge in [0.15, 0.2) is 11.5 Å². The first-order valence-electron chi connectivity index (χ1n) is 6.66. The SMILES string of the molecule is CCNCc1cncc(-c2cccc(OC)c2OC)c1. The minimum atomic E-state index is 0.724. The van der Waals surface area contributed by atoms with Crippen LogP contribution < -0.4 is 14.8 Å². The Kier molecular flexibility index (Phi) is 4.96. The molecule has 0 atom stereocenters. The average Bonchev–Trinajstić information content (AvgIpc) is 2.52. The summed E-state index contributed by atoms with van der Waals surface area (Å²) in [6.45, 7) is 3.83. The molecule has 106 valence electrons.